The number of carbonyl (C=O) groups is 1. The molecule has 3 heterocycles. The summed E-state index contributed by atoms with van der Waals surface area (Å²) in [7, 11) is 0. The van der Waals surface area contributed by atoms with Crippen LogP contribution >= 0.6 is 0 Å². The summed E-state index contributed by atoms with van der Waals surface area (Å²) in [4.78, 5) is 18.6. The number of likely N-dealkylation sites (tertiary alicyclic amines) is 1. The third kappa shape index (κ3) is 4.04. The largest absolute Gasteiger partial charge is 0.487 e. The van der Waals surface area contributed by atoms with Gasteiger partial charge in [0.1, 0.15) is 11.4 Å². The van der Waals surface area contributed by atoms with Gasteiger partial charge in [-0.1, -0.05) is 12.1 Å². The third-order valence-corrected chi connectivity index (χ3v) is 5.77. The van der Waals surface area contributed by atoms with Gasteiger partial charge in [-0.3, -0.25) is 9.78 Å². The second-order valence-corrected chi connectivity index (χ2v) is 8.63. The predicted octanol–water partition coefficient (Wildman–Crippen LogP) is 3.89. The number of pyridine rings is 1. The number of rotatable bonds is 3. The van der Waals surface area contributed by atoms with E-state index in [9.17, 15) is 4.79 Å². The first-order valence-corrected chi connectivity index (χ1v) is 10.2. The van der Waals surface area contributed by atoms with Crippen LogP contribution in [0.3, 0.4) is 0 Å². The lowest BCUT2D eigenvalue weighted by molar-refractivity contribution is 0.0579. The summed E-state index contributed by atoms with van der Waals surface area (Å²) in [6.07, 6.45) is 6.23. The molecule has 1 aromatic heterocycles. The summed E-state index contributed by atoms with van der Waals surface area (Å²) in [6.45, 7) is 7.98. The summed E-state index contributed by atoms with van der Waals surface area (Å²) < 4.78 is 6.22. The Morgan fingerprint density at radius 1 is 1.18 bits per heavy atom. The van der Waals surface area contributed by atoms with Crippen molar-refractivity contribution in [1.82, 2.24) is 15.2 Å². The number of nitrogens with one attached hydrogen (secondary N) is 1. The van der Waals surface area contributed by atoms with Crippen LogP contribution in [0.5, 0.6) is 5.75 Å². The fraction of sp³-hybridized carbons (Fsp3) is 0.478. The van der Waals surface area contributed by atoms with E-state index in [1.54, 1.807) is 24.5 Å². The quantitative estimate of drug-likeness (QED) is 0.879. The summed E-state index contributed by atoms with van der Waals surface area (Å²) in [6, 6.07) is 10.8. The van der Waals surface area contributed by atoms with Crippen molar-refractivity contribution < 1.29 is 9.53 Å². The highest BCUT2D eigenvalue weighted by atomic mass is 16.5. The average Bonchev–Trinajstić information content (AvgIpc) is 2.67. The Hall–Kier alpha value is -2.40. The molecule has 1 unspecified atom stereocenters. The molecule has 4 rings (SSSR count). The summed E-state index contributed by atoms with van der Waals surface area (Å²) >= 11 is 0. The van der Waals surface area contributed by atoms with E-state index in [0.717, 1.165) is 43.7 Å². The highest BCUT2D eigenvalue weighted by molar-refractivity contribution is 5.94. The van der Waals surface area contributed by atoms with Crippen LogP contribution in [0, 0.1) is 6.92 Å². The minimum Gasteiger partial charge on any atom is -0.487 e. The molecule has 0 bridgehead atoms. The molecule has 1 amide bonds. The van der Waals surface area contributed by atoms with Crippen molar-refractivity contribution in [3.8, 4) is 5.75 Å². The molecule has 1 saturated heterocycles. The molecule has 148 valence electrons. The monoisotopic (exact) mass is 379 g/mol. The molecule has 1 N–H and O–H groups in total. The first kappa shape index (κ1) is 18.9. The van der Waals surface area contributed by atoms with E-state index in [-0.39, 0.29) is 17.6 Å². The van der Waals surface area contributed by atoms with Crippen molar-refractivity contribution >= 4 is 5.91 Å². The molecule has 1 fully saturated rings. The number of fused-ring (bicyclic) bond motifs is 1. The van der Waals surface area contributed by atoms with E-state index in [0.29, 0.717) is 6.04 Å². The first-order valence-electron chi connectivity index (χ1n) is 10.2. The molecule has 0 radical (unpaired) electrons. The predicted molar refractivity (Wildman–Crippen MR) is 110 cm³/mol. The van der Waals surface area contributed by atoms with Gasteiger partial charge in [0.05, 0.1) is 0 Å². The smallest absolute Gasteiger partial charge is 0.253 e. The lowest BCUT2D eigenvalue weighted by atomic mass is 9.88. The first-order chi connectivity index (χ1) is 13.4. The zero-order valence-electron chi connectivity index (χ0n) is 16.9. The van der Waals surface area contributed by atoms with Gasteiger partial charge in [-0.2, -0.15) is 0 Å². The maximum Gasteiger partial charge on any atom is 0.253 e. The lowest BCUT2D eigenvalue weighted by Crippen LogP contribution is -2.48. The van der Waals surface area contributed by atoms with Crippen molar-refractivity contribution in [2.24, 2.45) is 0 Å². The number of carbonyl (C=O) groups excluding carboxylic acids is 1. The molecule has 28 heavy (non-hydrogen) atoms. The van der Waals surface area contributed by atoms with Gasteiger partial charge in [-0.25, -0.2) is 0 Å². The second kappa shape index (κ2) is 7.55. The molecule has 2 aliphatic heterocycles. The summed E-state index contributed by atoms with van der Waals surface area (Å²) in [5, 5.41) is 3.86. The molecule has 2 aromatic rings. The molecule has 0 spiro atoms. The van der Waals surface area contributed by atoms with Gasteiger partial charge in [0.2, 0.25) is 0 Å². The topological polar surface area (TPSA) is 54.5 Å². The van der Waals surface area contributed by atoms with Crippen LogP contribution in [-0.4, -0.2) is 40.5 Å². The molecule has 0 aliphatic carbocycles. The number of piperidine rings is 1. The number of hydrogen-bond acceptors (Lipinski definition) is 4. The van der Waals surface area contributed by atoms with Crippen molar-refractivity contribution in [1.29, 1.82) is 0 Å². The normalized spacial score (nSPS) is 21.7. The maximum absolute atomic E-state index is 12.6. The minimum atomic E-state index is -0.184. The minimum absolute atomic E-state index is 0.105. The van der Waals surface area contributed by atoms with Crippen LogP contribution in [-0.2, 0) is 0 Å². The molecule has 1 aromatic carbocycles. The van der Waals surface area contributed by atoms with E-state index in [4.69, 9.17) is 4.74 Å². The van der Waals surface area contributed by atoms with Crippen LogP contribution < -0.4 is 10.1 Å². The zero-order valence-corrected chi connectivity index (χ0v) is 16.9. The Morgan fingerprint density at radius 2 is 1.89 bits per heavy atom. The number of benzene rings is 1. The van der Waals surface area contributed by atoms with Gasteiger partial charge < -0.3 is 15.0 Å². The Balaban J connectivity index is 1.40. The molecular formula is C23H29N3O2. The SMILES string of the molecule is Cc1ccc2c(c1)OC(C)(C)CC2NC1CCN(C(=O)c2ccncc2)CC1. The summed E-state index contributed by atoms with van der Waals surface area (Å²) in [5.74, 6) is 1.10. The highest BCUT2D eigenvalue weighted by Crippen LogP contribution is 2.40. The lowest BCUT2D eigenvalue weighted by Gasteiger charge is -2.41. The number of hydrogen-bond donors (Lipinski definition) is 1. The van der Waals surface area contributed by atoms with Crippen molar-refractivity contribution in [2.45, 2.75) is 57.7 Å². The molecular weight excluding hydrogens is 350 g/mol. The van der Waals surface area contributed by atoms with Crippen LogP contribution in [0.25, 0.3) is 0 Å². The molecule has 1 atom stereocenters. The Kier molecular flexibility index (Phi) is 5.11. The van der Waals surface area contributed by atoms with Gasteiger partial charge in [0, 0.05) is 55.1 Å². The number of nitrogens with zero attached hydrogens (tertiary/aromatic N) is 2. The fourth-order valence-corrected chi connectivity index (χ4v) is 4.32. The Bertz CT molecular complexity index is 842. The van der Waals surface area contributed by atoms with E-state index < -0.39 is 0 Å². The fourth-order valence-electron chi connectivity index (χ4n) is 4.32. The van der Waals surface area contributed by atoms with Gasteiger partial charge in [-0.05, 0) is 57.4 Å². The van der Waals surface area contributed by atoms with Crippen LogP contribution in [0.1, 0.15) is 60.6 Å². The number of ether oxygens (including phenoxy) is 1. The second-order valence-electron chi connectivity index (χ2n) is 8.63. The molecule has 5 nitrogen and oxygen atoms in total. The Morgan fingerprint density at radius 3 is 2.61 bits per heavy atom. The van der Waals surface area contributed by atoms with E-state index in [1.807, 2.05) is 4.90 Å². The number of aromatic nitrogens is 1. The van der Waals surface area contributed by atoms with Crippen LogP contribution in [0.15, 0.2) is 42.7 Å². The molecule has 2 aliphatic rings. The zero-order chi connectivity index (χ0) is 19.7. The van der Waals surface area contributed by atoms with E-state index in [2.05, 4.69) is 49.3 Å². The average molecular weight is 380 g/mol. The van der Waals surface area contributed by atoms with Crippen molar-refractivity contribution in [3.63, 3.8) is 0 Å². The van der Waals surface area contributed by atoms with Crippen molar-refractivity contribution in [3.05, 3.63) is 59.4 Å². The highest BCUT2D eigenvalue weighted by Gasteiger charge is 2.35. The Labute approximate surface area is 167 Å². The van der Waals surface area contributed by atoms with Crippen LogP contribution in [0.4, 0.5) is 0 Å². The molecule has 0 saturated carbocycles. The standard InChI is InChI=1S/C23H29N3O2/c1-16-4-5-19-20(15-23(2,3)28-21(19)14-16)25-18-8-12-26(13-9-18)22(27)17-6-10-24-11-7-17/h4-7,10-11,14,18,20,25H,8-9,12-13,15H2,1-3H3. The number of aryl methyl sites for hydroxylation is 1. The number of amides is 1. The summed E-state index contributed by atoms with van der Waals surface area (Å²) in [5.41, 5.74) is 3.01. The third-order valence-electron chi connectivity index (χ3n) is 5.77. The van der Waals surface area contributed by atoms with E-state index >= 15 is 0 Å². The van der Waals surface area contributed by atoms with Gasteiger partial charge in [0.25, 0.3) is 5.91 Å². The molecule has 5 heteroatoms. The van der Waals surface area contributed by atoms with E-state index in [1.165, 1.54) is 11.1 Å². The van der Waals surface area contributed by atoms with Gasteiger partial charge in [-0.15, -0.1) is 0 Å². The van der Waals surface area contributed by atoms with Crippen molar-refractivity contribution in [2.75, 3.05) is 13.1 Å². The maximum atomic E-state index is 12.6. The van der Waals surface area contributed by atoms with Gasteiger partial charge >= 0.3 is 0 Å². The van der Waals surface area contributed by atoms with Crippen LogP contribution in [0.2, 0.25) is 0 Å². The van der Waals surface area contributed by atoms with Gasteiger partial charge in [0.15, 0.2) is 0 Å².